The molecule has 20 heavy (non-hydrogen) atoms. The molecule has 1 aromatic rings. The molecule has 0 bridgehead atoms. The minimum Gasteiger partial charge on any atom is -0.351 e. The molecule has 4 nitrogen and oxygen atoms in total. The summed E-state index contributed by atoms with van der Waals surface area (Å²) in [6, 6.07) is 5.07. The van der Waals surface area contributed by atoms with E-state index in [4.69, 9.17) is 11.6 Å². The number of hydrogen-bond donors (Lipinski definition) is 1. The highest BCUT2D eigenvalue weighted by atomic mass is 35.5. The van der Waals surface area contributed by atoms with E-state index in [2.05, 4.69) is 22.1 Å². The van der Waals surface area contributed by atoms with Crippen LogP contribution >= 0.6 is 11.6 Å². The van der Waals surface area contributed by atoms with Crippen molar-refractivity contribution >= 4 is 17.5 Å². The number of nitrogens with zero attached hydrogens (tertiary/aromatic N) is 2. The Kier molecular flexibility index (Phi) is 5.80. The third-order valence-electron chi connectivity index (χ3n) is 3.76. The van der Waals surface area contributed by atoms with E-state index in [-0.39, 0.29) is 5.91 Å². The quantitative estimate of drug-likeness (QED) is 0.671. The van der Waals surface area contributed by atoms with E-state index in [0.29, 0.717) is 17.4 Å². The van der Waals surface area contributed by atoms with Crippen LogP contribution in [0.4, 0.5) is 0 Å². The summed E-state index contributed by atoms with van der Waals surface area (Å²) in [5, 5.41) is 3.24. The van der Waals surface area contributed by atoms with Crippen molar-refractivity contribution in [3.05, 3.63) is 29.0 Å². The van der Waals surface area contributed by atoms with E-state index in [9.17, 15) is 4.79 Å². The van der Waals surface area contributed by atoms with Gasteiger partial charge in [-0.15, -0.1) is 0 Å². The third kappa shape index (κ3) is 4.76. The molecule has 0 atom stereocenters. The highest BCUT2D eigenvalue weighted by molar-refractivity contribution is 6.29. The summed E-state index contributed by atoms with van der Waals surface area (Å²) in [5.41, 5.74) is 0.379. The summed E-state index contributed by atoms with van der Waals surface area (Å²) in [6.45, 7) is 6.42. The number of likely N-dealkylation sites (tertiary alicyclic amines) is 1. The van der Waals surface area contributed by atoms with Gasteiger partial charge in [-0.1, -0.05) is 24.6 Å². The Morgan fingerprint density at radius 2 is 2.20 bits per heavy atom. The number of nitrogens with one attached hydrogen (secondary N) is 1. The van der Waals surface area contributed by atoms with Gasteiger partial charge in [0.1, 0.15) is 10.8 Å². The zero-order valence-electron chi connectivity index (χ0n) is 11.9. The van der Waals surface area contributed by atoms with Crippen LogP contribution in [0.5, 0.6) is 0 Å². The second kappa shape index (κ2) is 7.60. The summed E-state index contributed by atoms with van der Waals surface area (Å²) in [6.07, 6.45) is 3.55. The fraction of sp³-hybridized carbons (Fsp3) is 0.600. The number of halogens is 1. The van der Waals surface area contributed by atoms with Crippen molar-refractivity contribution in [2.24, 2.45) is 5.92 Å². The van der Waals surface area contributed by atoms with E-state index in [1.165, 1.54) is 25.9 Å². The number of amides is 1. The van der Waals surface area contributed by atoms with Crippen LogP contribution in [0.2, 0.25) is 5.15 Å². The number of piperidine rings is 1. The second-order valence-corrected chi connectivity index (χ2v) is 5.87. The Hall–Kier alpha value is -1.13. The van der Waals surface area contributed by atoms with E-state index >= 15 is 0 Å². The predicted molar refractivity (Wildman–Crippen MR) is 81.0 cm³/mol. The Bertz CT molecular complexity index is 444. The molecule has 1 aliphatic rings. The molecule has 1 fully saturated rings. The van der Waals surface area contributed by atoms with Gasteiger partial charge in [-0.3, -0.25) is 4.79 Å². The normalized spacial score (nSPS) is 17.1. The predicted octanol–water partition coefficient (Wildman–Crippen LogP) is 2.59. The van der Waals surface area contributed by atoms with Crippen molar-refractivity contribution in [3.63, 3.8) is 0 Å². The van der Waals surface area contributed by atoms with E-state index in [0.717, 1.165) is 18.9 Å². The van der Waals surface area contributed by atoms with Crippen LogP contribution in [0.15, 0.2) is 18.2 Å². The van der Waals surface area contributed by atoms with Crippen molar-refractivity contribution in [2.75, 3.05) is 26.2 Å². The van der Waals surface area contributed by atoms with Gasteiger partial charge in [-0.2, -0.15) is 0 Å². The Morgan fingerprint density at radius 3 is 2.90 bits per heavy atom. The molecular weight excluding hydrogens is 274 g/mol. The van der Waals surface area contributed by atoms with E-state index in [1.807, 2.05) is 0 Å². The smallest absolute Gasteiger partial charge is 0.269 e. The lowest BCUT2D eigenvalue weighted by Crippen LogP contribution is -2.35. The maximum atomic E-state index is 11.8. The summed E-state index contributed by atoms with van der Waals surface area (Å²) < 4.78 is 0. The fourth-order valence-electron chi connectivity index (χ4n) is 2.42. The molecule has 1 aromatic heterocycles. The van der Waals surface area contributed by atoms with Crippen LogP contribution in [-0.2, 0) is 0 Å². The van der Waals surface area contributed by atoms with Gasteiger partial charge >= 0.3 is 0 Å². The first kappa shape index (κ1) is 15.3. The molecule has 5 heteroatoms. The van der Waals surface area contributed by atoms with Crippen molar-refractivity contribution in [1.82, 2.24) is 15.2 Å². The maximum absolute atomic E-state index is 11.8. The monoisotopic (exact) mass is 295 g/mol. The second-order valence-electron chi connectivity index (χ2n) is 5.48. The molecule has 0 aromatic carbocycles. The molecule has 0 spiro atoms. The molecular formula is C15H22ClN3O. The summed E-state index contributed by atoms with van der Waals surface area (Å²) in [4.78, 5) is 18.3. The average Bonchev–Trinajstić information content (AvgIpc) is 2.45. The van der Waals surface area contributed by atoms with Crippen molar-refractivity contribution in [3.8, 4) is 0 Å². The lowest BCUT2D eigenvalue weighted by molar-refractivity contribution is 0.0945. The minimum absolute atomic E-state index is 0.153. The van der Waals surface area contributed by atoms with E-state index in [1.54, 1.807) is 18.2 Å². The Balaban J connectivity index is 1.64. The highest BCUT2D eigenvalue weighted by Gasteiger charge is 2.15. The van der Waals surface area contributed by atoms with Crippen molar-refractivity contribution < 1.29 is 4.79 Å². The largest absolute Gasteiger partial charge is 0.351 e. The van der Waals surface area contributed by atoms with Crippen LogP contribution in [0.25, 0.3) is 0 Å². The first-order valence-electron chi connectivity index (χ1n) is 7.28. The van der Waals surface area contributed by atoms with Crippen molar-refractivity contribution in [1.29, 1.82) is 0 Å². The molecule has 0 aliphatic carbocycles. The number of carbonyl (C=O) groups is 1. The summed E-state index contributed by atoms with van der Waals surface area (Å²) >= 11 is 5.77. The minimum atomic E-state index is -0.153. The standard InChI is InChI=1S/C15H22ClN3O/c1-12-6-10-19(11-7-12)9-3-8-17-15(20)13-4-2-5-14(16)18-13/h2,4-5,12H,3,6-11H2,1H3,(H,17,20). The molecule has 2 rings (SSSR count). The van der Waals surface area contributed by atoms with Gasteiger partial charge in [0, 0.05) is 6.54 Å². The van der Waals surface area contributed by atoms with Crippen LogP contribution in [-0.4, -0.2) is 42.0 Å². The zero-order valence-corrected chi connectivity index (χ0v) is 12.7. The number of hydrogen-bond acceptors (Lipinski definition) is 3. The molecule has 0 saturated carbocycles. The van der Waals surface area contributed by atoms with Gasteiger partial charge in [-0.05, 0) is 56.9 Å². The maximum Gasteiger partial charge on any atom is 0.269 e. The molecule has 1 amide bonds. The van der Waals surface area contributed by atoms with Gasteiger partial charge in [0.15, 0.2) is 0 Å². The molecule has 1 saturated heterocycles. The van der Waals surface area contributed by atoms with Gasteiger partial charge in [0.05, 0.1) is 0 Å². The molecule has 110 valence electrons. The lowest BCUT2D eigenvalue weighted by Gasteiger charge is -2.30. The molecule has 1 aliphatic heterocycles. The van der Waals surface area contributed by atoms with Gasteiger partial charge in [0.2, 0.25) is 0 Å². The summed E-state index contributed by atoms with van der Waals surface area (Å²) in [7, 11) is 0. The summed E-state index contributed by atoms with van der Waals surface area (Å²) in [5.74, 6) is 0.708. The van der Waals surface area contributed by atoms with Crippen LogP contribution in [0, 0.1) is 5.92 Å². The van der Waals surface area contributed by atoms with Crippen molar-refractivity contribution in [2.45, 2.75) is 26.2 Å². The number of carbonyl (C=O) groups excluding carboxylic acids is 1. The lowest BCUT2D eigenvalue weighted by atomic mass is 9.99. The first-order chi connectivity index (χ1) is 9.65. The number of aromatic nitrogens is 1. The third-order valence-corrected chi connectivity index (χ3v) is 3.97. The van der Waals surface area contributed by atoms with Crippen LogP contribution in [0.1, 0.15) is 36.7 Å². The number of pyridine rings is 1. The first-order valence-corrected chi connectivity index (χ1v) is 7.66. The van der Waals surface area contributed by atoms with Gasteiger partial charge in [-0.25, -0.2) is 4.98 Å². The molecule has 0 unspecified atom stereocenters. The zero-order chi connectivity index (χ0) is 14.4. The Morgan fingerprint density at radius 1 is 1.45 bits per heavy atom. The topological polar surface area (TPSA) is 45.2 Å². The number of rotatable bonds is 5. The molecule has 1 N–H and O–H groups in total. The fourth-order valence-corrected chi connectivity index (χ4v) is 2.58. The van der Waals surface area contributed by atoms with Gasteiger partial charge < -0.3 is 10.2 Å². The van der Waals surface area contributed by atoms with E-state index < -0.39 is 0 Å². The van der Waals surface area contributed by atoms with Crippen LogP contribution in [0.3, 0.4) is 0 Å². The molecule has 2 heterocycles. The SMILES string of the molecule is CC1CCN(CCCNC(=O)c2cccc(Cl)n2)CC1. The van der Waals surface area contributed by atoms with Crippen LogP contribution < -0.4 is 5.32 Å². The van der Waals surface area contributed by atoms with Gasteiger partial charge in [0.25, 0.3) is 5.91 Å². The highest BCUT2D eigenvalue weighted by Crippen LogP contribution is 2.15. The Labute approximate surface area is 125 Å². The average molecular weight is 296 g/mol. The molecule has 0 radical (unpaired) electrons.